The molecule has 3 N–H and O–H groups in total. The molecule has 4 aliphatic carbocycles. The highest BCUT2D eigenvalue weighted by Gasteiger charge is 2.61. The van der Waals surface area contributed by atoms with Crippen molar-refractivity contribution in [3.8, 4) is 0 Å². The third-order valence-electron chi connectivity index (χ3n) is 9.48. The zero-order valence-electron chi connectivity index (χ0n) is 15.4. The average Bonchev–Trinajstić information content (AvgIpc) is 2.85. The largest absolute Gasteiger partial charge is 0.392 e. The molecule has 9 atom stereocenters. The third kappa shape index (κ3) is 2.13. The van der Waals surface area contributed by atoms with Crippen LogP contribution in [-0.2, 0) is 0 Å². The molecular formula is C21H37NO. The van der Waals surface area contributed by atoms with Crippen molar-refractivity contribution in [2.45, 2.75) is 90.7 Å². The van der Waals surface area contributed by atoms with Crippen molar-refractivity contribution in [2.75, 3.05) is 0 Å². The summed E-state index contributed by atoms with van der Waals surface area (Å²) >= 11 is 0. The summed E-state index contributed by atoms with van der Waals surface area (Å²) in [5.41, 5.74) is 6.98. The fraction of sp³-hybridized carbons (Fsp3) is 1.00. The Balaban J connectivity index is 1.64. The molecule has 0 heterocycles. The van der Waals surface area contributed by atoms with Crippen molar-refractivity contribution in [3.05, 3.63) is 0 Å². The second-order valence-corrected chi connectivity index (χ2v) is 9.99. The summed E-state index contributed by atoms with van der Waals surface area (Å²) in [6.45, 7) is 7.44. The van der Waals surface area contributed by atoms with Crippen molar-refractivity contribution in [2.24, 2.45) is 46.2 Å². The van der Waals surface area contributed by atoms with E-state index in [4.69, 9.17) is 5.73 Å². The summed E-state index contributed by atoms with van der Waals surface area (Å²) in [4.78, 5) is 0. The summed E-state index contributed by atoms with van der Waals surface area (Å²) in [6, 6.07) is 0.226. The molecule has 4 aliphatic rings. The summed E-state index contributed by atoms with van der Waals surface area (Å²) < 4.78 is 0. The minimum Gasteiger partial charge on any atom is -0.392 e. The Morgan fingerprint density at radius 2 is 1.78 bits per heavy atom. The van der Waals surface area contributed by atoms with Gasteiger partial charge in [-0.2, -0.15) is 0 Å². The maximum atomic E-state index is 11.0. The van der Waals surface area contributed by atoms with Gasteiger partial charge in [0, 0.05) is 6.04 Å². The SMILES string of the molecule is CC[C@H]1CC[C@H]2[C@@H]3CCC4CC(N)CC(O)[C@]4(C)[C@H]3CC[C@]12C. The van der Waals surface area contributed by atoms with Crippen LogP contribution in [0.3, 0.4) is 0 Å². The third-order valence-corrected chi connectivity index (χ3v) is 9.48. The second-order valence-electron chi connectivity index (χ2n) is 9.99. The molecule has 0 aliphatic heterocycles. The Morgan fingerprint density at radius 1 is 1.00 bits per heavy atom. The van der Waals surface area contributed by atoms with Gasteiger partial charge in [-0.15, -0.1) is 0 Å². The maximum Gasteiger partial charge on any atom is 0.0613 e. The van der Waals surface area contributed by atoms with Crippen LogP contribution in [0.5, 0.6) is 0 Å². The lowest BCUT2D eigenvalue weighted by atomic mass is 9.44. The minimum absolute atomic E-state index is 0.143. The lowest BCUT2D eigenvalue weighted by Crippen LogP contribution is -2.60. The number of aliphatic hydroxyl groups is 1. The number of nitrogens with two attached hydrogens (primary N) is 1. The zero-order chi connectivity index (χ0) is 16.4. The molecule has 0 saturated heterocycles. The fourth-order valence-corrected chi connectivity index (χ4v) is 8.14. The van der Waals surface area contributed by atoms with Gasteiger partial charge in [-0.3, -0.25) is 0 Å². The van der Waals surface area contributed by atoms with Crippen LogP contribution in [0, 0.1) is 40.4 Å². The lowest BCUT2D eigenvalue weighted by Gasteiger charge is -2.62. The Bertz CT molecular complexity index is 465. The lowest BCUT2D eigenvalue weighted by molar-refractivity contribution is -0.165. The van der Waals surface area contributed by atoms with Crippen LogP contribution in [0.15, 0.2) is 0 Å². The Morgan fingerprint density at radius 3 is 2.52 bits per heavy atom. The standard InChI is InChI=1S/C21H37NO/c1-4-13-6-8-17-16-7-5-14-11-15(22)12-19(23)21(14,3)18(16)9-10-20(13,17)2/h13-19,23H,4-12,22H2,1-3H3/t13-,14?,15?,16-,17-,18-,19?,20+,21-/m0/s1. The molecule has 4 saturated carbocycles. The van der Waals surface area contributed by atoms with Gasteiger partial charge in [0.05, 0.1) is 6.10 Å². The first kappa shape index (κ1) is 16.4. The van der Waals surface area contributed by atoms with E-state index in [1.807, 2.05) is 0 Å². The quantitative estimate of drug-likeness (QED) is 0.754. The number of rotatable bonds is 1. The topological polar surface area (TPSA) is 46.2 Å². The van der Waals surface area contributed by atoms with Crippen LogP contribution in [0.4, 0.5) is 0 Å². The van der Waals surface area contributed by atoms with Crippen LogP contribution >= 0.6 is 0 Å². The van der Waals surface area contributed by atoms with Crippen LogP contribution in [-0.4, -0.2) is 17.3 Å². The molecular weight excluding hydrogens is 282 g/mol. The van der Waals surface area contributed by atoms with Gasteiger partial charge in [-0.25, -0.2) is 0 Å². The molecule has 0 bridgehead atoms. The number of hydrogen-bond acceptors (Lipinski definition) is 2. The maximum absolute atomic E-state index is 11.0. The molecule has 132 valence electrons. The van der Waals surface area contributed by atoms with E-state index >= 15 is 0 Å². The van der Waals surface area contributed by atoms with E-state index < -0.39 is 0 Å². The smallest absolute Gasteiger partial charge is 0.0613 e. The van der Waals surface area contributed by atoms with Crippen LogP contribution in [0.1, 0.15) is 78.6 Å². The highest BCUT2D eigenvalue weighted by atomic mass is 16.3. The molecule has 3 unspecified atom stereocenters. The minimum atomic E-state index is -0.170. The second kappa shape index (κ2) is 5.46. The van der Waals surface area contributed by atoms with Gasteiger partial charge < -0.3 is 10.8 Å². The highest BCUT2D eigenvalue weighted by Crippen LogP contribution is 2.67. The van der Waals surface area contributed by atoms with Crippen molar-refractivity contribution in [1.82, 2.24) is 0 Å². The number of hydrogen-bond donors (Lipinski definition) is 2. The first-order valence-electron chi connectivity index (χ1n) is 10.3. The first-order chi connectivity index (χ1) is 10.9. The van der Waals surface area contributed by atoms with Gasteiger partial charge >= 0.3 is 0 Å². The molecule has 4 fully saturated rings. The highest BCUT2D eigenvalue weighted by molar-refractivity contribution is 5.11. The van der Waals surface area contributed by atoms with E-state index in [0.29, 0.717) is 11.3 Å². The van der Waals surface area contributed by atoms with Gasteiger partial charge in [0.15, 0.2) is 0 Å². The van der Waals surface area contributed by atoms with Gasteiger partial charge in [0.2, 0.25) is 0 Å². The Kier molecular flexibility index (Phi) is 3.89. The molecule has 0 spiro atoms. The Labute approximate surface area is 142 Å². The molecule has 0 aromatic heterocycles. The summed E-state index contributed by atoms with van der Waals surface area (Å²) in [6.07, 6.45) is 11.5. The summed E-state index contributed by atoms with van der Waals surface area (Å²) in [7, 11) is 0. The molecule has 0 radical (unpaired) electrons. The molecule has 0 aromatic rings. The van der Waals surface area contributed by atoms with Gasteiger partial charge in [-0.1, -0.05) is 27.2 Å². The van der Waals surface area contributed by atoms with E-state index in [1.54, 1.807) is 0 Å². The van der Waals surface area contributed by atoms with Crippen molar-refractivity contribution < 1.29 is 5.11 Å². The van der Waals surface area contributed by atoms with Crippen molar-refractivity contribution >= 4 is 0 Å². The molecule has 2 nitrogen and oxygen atoms in total. The van der Waals surface area contributed by atoms with Gasteiger partial charge in [-0.05, 0) is 91.8 Å². The molecule has 0 aromatic carbocycles. The van der Waals surface area contributed by atoms with Crippen LogP contribution in [0.2, 0.25) is 0 Å². The van der Waals surface area contributed by atoms with E-state index in [1.165, 1.54) is 44.9 Å². The van der Waals surface area contributed by atoms with Crippen LogP contribution in [0.25, 0.3) is 0 Å². The normalized spacial score (nSPS) is 59.1. The first-order valence-corrected chi connectivity index (χ1v) is 10.3. The molecule has 4 rings (SSSR count). The fourth-order valence-electron chi connectivity index (χ4n) is 8.14. The van der Waals surface area contributed by atoms with Gasteiger partial charge in [0.25, 0.3) is 0 Å². The predicted molar refractivity (Wildman–Crippen MR) is 94.9 cm³/mol. The van der Waals surface area contributed by atoms with Gasteiger partial charge in [0.1, 0.15) is 0 Å². The van der Waals surface area contributed by atoms with E-state index in [0.717, 1.165) is 36.5 Å². The zero-order valence-corrected chi connectivity index (χ0v) is 15.4. The van der Waals surface area contributed by atoms with E-state index in [9.17, 15) is 5.11 Å². The average molecular weight is 320 g/mol. The Hall–Kier alpha value is -0.0800. The number of aliphatic hydroxyl groups excluding tert-OH is 1. The molecule has 2 heteroatoms. The molecule has 0 amide bonds. The monoisotopic (exact) mass is 319 g/mol. The van der Waals surface area contributed by atoms with E-state index in [2.05, 4.69) is 20.8 Å². The predicted octanol–water partition coefficient (Wildman–Crippen LogP) is 4.35. The number of fused-ring (bicyclic) bond motifs is 5. The van der Waals surface area contributed by atoms with Crippen molar-refractivity contribution in [3.63, 3.8) is 0 Å². The summed E-state index contributed by atoms with van der Waals surface area (Å²) in [5, 5.41) is 11.0. The molecule has 23 heavy (non-hydrogen) atoms. The van der Waals surface area contributed by atoms with Crippen LogP contribution < -0.4 is 5.73 Å². The van der Waals surface area contributed by atoms with E-state index in [-0.39, 0.29) is 17.6 Å². The van der Waals surface area contributed by atoms with Crippen molar-refractivity contribution in [1.29, 1.82) is 0 Å². The summed E-state index contributed by atoms with van der Waals surface area (Å²) in [5.74, 6) is 4.15.